The largest absolute Gasteiger partial charge is 0.325 e. The summed E-state index contributed by atoms with van der Waals surface area (Å²) in [6.07, 6.45) is 2.39. The van der Waals surface area contributed by atoms with Gasteiger partial charge in [-0.2, -0.15) is 0 Å². The van der Waals surface area contributed by atoms with Crippen molar-refractivity contribution in [3.63, 3.8) is 0 Å². The van der Waals surface area contributed by atoms with Gasteiger partial charge in [0.15, 0.2) is 5.16 Å². The third-order valence-corrected chi connectivity index (χ3v) is 5.47. The van der Waals surface area contributed by atoms with Crippen LogP contribution in [0.2, 0.25) is 0 Å². The van der Waals surface area contributed by atoms with Crippen molar-refractivity contribution in [2.45, 2.75) is 30.8 Å². The standard InChI is InChI=1S/C15H17BrN4OS/c1-9-3-6-11(7-12(9)16)17-13(21)8-22-15-19-18-14(20(15)2)10-4-5-10/h3,6-7,10H,4-5,8H2,1-2H3,(H,17,21). The number of nitrogens with zero attached hydrogens (tertiary/aromatic N) is 3. The zero-order valence-corrected chi connectivity index (χ0v) is 14.9. The molecule has 0 atom stereocenters. The molecule has 0 bridgehead atoms. The summed E-state index contributed by atoms with van der Waals surface area (Å²) in [6.45, 7) is 2.01. The molecule has 1 saturated carbocycles. The summed E-state index contributed by atoms with van der Waals surface area (Å²) in [5, 5.41) is 12.1. The van der Waals surface area contributed by atoms with Crippen molar-refractivity contribution in [3.05, 3.63) is 34.1 Å². The minimum absolute atomic E-state index is 0.0447. The van der Waals surface area contributed by atoms with E-state index in [4.69, 9.17) is 0 Å². The number of carbonyl (C=O) groups is 1. The number of aromatic nitrogens is 3. The molecule has 1 aromatic heterocycles. The van der Waals surface area contributed by atoms with Crippen LogP contribution >= 0.6 is 27.7 Å². The van der Waals surface area contributed by atoms with E-state index in [0.29, 0.717) is 11.7 Å². The Morgan fingerprint density at radius 3 is 2.91 bits per heavy atom. The van der Waals surface area contributed by atoms with Crippen molar-refractivity contribution in [3.8, 4) is 0 Å². The predicted octanol–water partition coefficient (Wildman–Crippen LogP) is 3.49. The minimum atomic E-state index is -0.0447. The van der Waals surface area contributed by atoms with Crippen molar-refractivity contribution in [1.82, 2.24) is 14.8 Å². The second kappa shape index (κ2) is 6.42. The second-order valence-electron chi connectivity index (χ2n) is 5.47. The molecule has 0 spiro atoms. The summed E-state index contributed by atoms with van der Waals surface area (Å²) < 4.78 is 2.98. The first kappa shape index (κ1) is 15.6. The third kappa shape index (κ3) is 3.52. The Kier molecular flexibility index (Phi) is 4.54. The van der Waals surface area contributed by atoms with Crippen LogP contribution in [0.25, 0.3) is 0 Å². The minimum Gasteiger partial charge on any atom is -0.325 e. The summed E-state index contributed by atoms with van der Waals surface area (Å²) in [5.74, 6) is 1.87. The molecule has 1 heterocycles. The molecule has 0 radical (unpaired) electrons. The lowest BCUT2D eigenvalue weighted by Crippen LogP contribution is -2.14. The van der Waals surface area contributed by atoms with E-state index in [-0.39, 0.29) is 5.91 Å². The Hall–Kier alpha value is -1.34. The molecule has 22 heavy (non-hydrogen) atoms. The molecule has 3 rings (SSSR count). The summed E-state index contributed by atoms with van der Waals surface area (Å²) in [4.78, 5) is 12.0. The van der Waals surface area contributed by atoms with Crippen LogP contribution in [-0.4, -0.2) is 26.4 Å². The van der Waals surface area contributed by atoms with Crippen molar-refractivity contribution in [2.75, 3.05) is 11.1 Å². The van der Waals surface area contributed by atoms with E-state index in [0.717, 1.165) is 26.7 Å². The first-order valence-corrected chi connectivity index (χ1v) is 8.90. The van der Waals surface area contributed by atoms with E-state index in [1.54, 1.807) is 0 Å². The van der Waals surface area contributed by atoms with E-state index in [1.807, 2.05) is 36.7 Å². The number of halogens is 1. The molecule has 7 heteroatoms. The average Bonchev–Trinajstić information content (AvgIpc) is 3.25. The van der Waals surface area contributed by atoms with Crippen LogP contribution in [-0.2, 0) is 11.8 Å². The van der Waals surface area contributed by atoms with Crippen molar-refractivity contribution in [2.24, 2.45) is 7.05 Å². The third-order valence-electron chi connectivity index (χ3n) is 3.60. The summed E-state index contributed by atoms with van der Waals surface area (Å²) >= 11 is 4.88. The quantitative estimate of drug-likeness (QED) is 0.806. The number of anilines is 1. The van der Waals surface area contributed by atoms with Gasteiger partial charge in [0.05, 0.1) is 5.75 Å². The maximum Gasteiger partial charge on any atom is 0.234 e. The van der Waals surface area contributed by atoms with E-state index >= 15 is 0 Å². The zero-order chi connectivity index (χ0) is 15.7. The number of benzene rings is 1. The normalized spacial score (nSPS) is 14.1. The maximum atomic E-state index is 12.0. The van der Waals surface area contributed by atoms with Gasteiger partial charge in [0, 0.05) is 23.1 Å². The lowest BCUT2D eigenvalue weighted by molar-refractivity contribution is -0.113. The van der Waals surface area contributed by atoms with E-state index in [9.17, 15) is 4.79 Å². The Balaban J connectivity index is 1.56. The molecule has 1 amide bonds. The van der Waals surface area contributed by atoms with Crippen molar-refractivity contribution in [1.29, 1.82) is 0 Å². The molecule has 1 aliphatic carbocycles. The van der Waals surface area contributed by atoms with Gasteiger partial charge < -0.3 is 9.88 Å². The van der Waals surface area contributed by atoms with E-state index < -0.39 is 0 Å². The Morgan fingerprint density at radius 2 is 2.23 bits per heavy atom. The van der Waals surface area contributed by atoms with Crippen molar-refractivity contribution >= 4 is 39.3 Å². The fourth-order valence-electron chi connectivity index (χ4n) is 2.15. The summed E-state index contributed by atoms with van der Waals surface area (Å²) in [6, 6.07) is 5.78. The summed E-state index contributed by atoms with van der Waals surface area (Å²) in [5.41, 5.74) is 1.93. The molecule has 116 valence electrons. The number of aryl methyl sites for hydroxylation is 1. The van der Waals surface area contributed by atoms with E-state index in [2.05, 4.69) is 31.4 Å². The van der Waals surface area contributed by atoms with Crippen LogP contribution in [0.4, 0.5) is 5.69 Å². The van der Waals surface area contributed by atoms with Crippen LogP contribution in [0.3, 0.4) is 0 Å². The zero-order valence-electron chi connectivity index (χ0n) is 12.5. The number of hydrogen-bond acceptors (Lipinski definition) is 4. The number of hydrogen-bond donors (Lipinski definition) is 1. The molecule has 0 unspecified atom stereocenters. The highest BCUT2D eigenvalue weighted by Crippen LogP contribution is 2.39. The topological polar surface area (TPSA) is 59.8 Å². The number of rotatable bonds is 5. The second-order valence-corrected chi connectivity index (χ2v) is 7.27. The SMILES string of the molecule is Cc1ccc(NC(=O)CSc2nnc(C3CC3)n2C)cc1Br. The Bertz CT molecular complexity index is 712. The molecular formula is C15H17BrN4OS. The average molecular weight is 381 g/mol. The maximum absolute atomic E-state index is 12.0. The lowest BCUT2D eigenvalue weighted by atomic mass is 10.2. The fourth-order valence-corrected chi connectivity index (χ4v) is 3.24. The van der Waals surface area contributed by atoms with Crippen LogP contribution < -0.4 is 5.32 Å². The number of amides is 1. The van der Waals surface area contributed by atoms with Crippen LogP contribution in [0, 0.1) is 6.92 Å². The highest BCUT2D eigenvalue weighted by Gasteiger charge is 2.29. The molecule has 0 saturated heterocycles. The number of thioether (sulfide) groups is 1. The van der Waals surface area contributed by atoms with Gasteiger partial charge in [-0.15, -0.1) is 10.2 Å². The molecule has 0 aliphatic heterocycles. The molecule has 1 N–H and O–H groups in total. The highest BCUT2D eigenvalue weighted by molar-refractivity contribution is 9.10. The van der Waals surface area contributed by atoms with Gasteiger partial charge in [-0.05, 0) is 37.5 Å². The predicted molar refractivity (Wildman–Crippen MR) is 91.2 cm³/mol. The van der Waals surface area contributed by atoms with Crippen molar-refractivity contribution < 1.29 is 4.79 Å². The van der Waals surface area contributed by atoms with Gasteiger partial charge >= 0.3 is 0 Å². The van der Waals surface area contributed by atoms with Crippen LogP contribution in [0.5, 0.6) is 0 Å². The van der Waals surface area contributed by atoms with Crippen LogP contribution in [0.15, 0.2) is 27.8 Å². The number of carbonyl (C=O) groups excluding carboxylic acids is 1. The van der Waals surface area contributed by atoms with Crippen LogP contribution in [0.1, 0.15) is 30.1 Å². The molecule has 2 aromatic rings. The Labute approximate surface area is 142 Å². The van der Waals surface area contributed by atoms with Gasteiger partial charge in [-0.25, -0.2) is 0 Å². The van der Waals surface area contributed by atoms with Gasteiger partial charge in [-0.3, -0.25) is 4.79 Å². The fraction of sp³-hybridized carbons (Fsp3) is 0.400. The van der Waals surface area contributed by atoms with Gasteiger partial charge in [-0.1, -0.05) is 33.8 Å². The smallest absolute Gasteiger partial charge is 0.234 e. The lowest BCUT2D eigenvalue weighted by Gasteiger charge is -2.07. The molecule has 1 fully saturated rings. The van der Waals surface area contributed by atoms with Gasteiger partial charge in [0.25, 0.3) is 0 Å². The first-order valence-electron chi connectivity index (χ1n) is 7.12. The number of nitrogens with one attached hydrogen (secondary N) is 1. The molecule has 5 nitrogen and oxygen atoms in total. The van der Waals surface area contributed by atoms with Gasteiger partial charge in [0.2, 0.25) is 5.91 Å². The van der Waals surface area contributed by atoms with Gasteiger partial charge in [0.1, 0.15) is 5.82 Å². The molecular weight excluding hydrogens is 364 g/mol. The highest BCUT2D eigenvalue weighted by atomic mass is 79.9. The monoisotopic (exact) mass is 380 g/mol. The first-order chi connectivity index (χ1) is 10.5. The molecule has 1 aromatic carbocycles. The Morgan fingerprint density at radius 1 is 1.45 bits per heavy atom. The van der Waals surface area contributed by atoms with E-state index in [1.165, 1.54) is 24.6 Å². The summed E-state index contributed by atoms with van der Waals surface area (Å²) in [7, 11) is 1.96. The molecule has 1 aliphatic rings.